The maximum Gasteiger partial charge on any atom is 0.416 e. The third-order valence-electron chi connectivity index (χ3n) is 6.02. The number of amides is 1. The number of nitrogens with zero attached hydrogens (tertiary/aromatic N) is 4. The summed E-state index contributed by atoms with van der Waals surface area (Å²) in [5.74, 6) is -1.11. The summed E-state index contributed by atoms with van der Waals surface area (Å²) >= 11 is 0. The summed E-state index contributed by atoms with van der Waals surface area (Å²) in [6.07, 6.45) is -4.64. The second-order valence-electron chi connectivity index (χ2n) is 10.1. The number of aromatic hydroxyl groups is 1. The second-order valence-corrected chi connectivity index (χ2v) is 10.1. The van der Waals surface area contributed by atoms with E-state index in [9.17, 15) is 33.1 Å². The van der Waals surface area contributed by atoms with E-state index in [1.807, 2.05) is 6.07 Å². The number of anilines is 1. The van der Waals surface area contributed by atoms with Gasteiger partial charge in [-0.2, -0.15) is 18.4 Å². The molecule has 0 spiro atoms. The molecule has 210 valence electrons. The number of hydrogen-bond donors (Lipinski definition) is 2. The minimum atomic E-state index is -4.64. The Balaban J connectivity index is 1.88. The molecular formula is C26H30F3N5O5. The molecule has 3 rings (SSSR count). The van der Waals surface area contributed by atoms with Gasteiger partial charge in [-0.25, -0.2) is 9.59 Å². The molecule has 2 aromatic rings. The Kier molecular flexibility index (Phi) is 8.58. The van der Waals surface area contributed by atoms with Gasteiger partial charge in [0.05, 0.1) is 12.2 Å². The normalized spacial score (nSPS) is 17.8. The van der Waals surface area contributed by atoms with E-state index in [4.69, 9.17) is 9.47 Å². The maximum atomic E-state index is 13.0. The Morgan fingerprint density at radius 3 is 2.49 bits per heavy atom. The molecule has 2 atom stereocenters. The van der Waals surface area contributed by atoms with Crippen LogP contribution in [-0.4, -0.2) is 63.1 Å². The summed E-state index contributed by atoms with van der Waals surface area (Å²) in [6, 6.07) is 3.20. The molecule has 10 nitrogen and oxygen atoms in total. The lowest BCUT2D eigenvalue weighted by Crippen LogP contribution is -2.55. The Morgan fingerprint density at radius 2 is 1.92 bits per heavy atom. The van der Waals surface area contributed by atoms with Crippen molar-refractivity contribution in [2.75, 3.05) is 18.5 Å². The number of phenolic OH excluding ortho intramolecular Hbond substituents is 1. The van der Waals surface area contributed by atoms with Crippen molar-refractivity contribution >= 4 is 17.9 Å². The van der Waals surface area contributed by atoms with Gasteiger partial charge in [-0.1, -0.05) is 0 Å². The molecule has 2 N–H and O–H groups in total. The van der Waals surface area contributed by atoms with Crippen LogP contribution in [0.4, 0.5) is 23.8 Å². The molecule has 2 heterocycles. The molecule has 13 heteroatoms. The zero-order chi connectivity index (χ0) is 29.1. The number of nitrogens with one attached hydrogen (secondary N) is 1. The van der Waals surface area contributed by atoms with Crippen LogP contribution >= 0.6 is 0 Å². The molecular weight excluding hydrogens is 519 g/mol. The summed E-state index contributed by atoms with van der Waals surface area (Å²) in [6.45, 7) is 8.52. The molecule has 1 aromatic heterocycles. The number of hydrogen-bond acceptors (Lipinski definition) is 9. The maximum absolute atomic E-state index is 13.0. The number of benzene rings is 1. The van der Waals surface area contributed by atoms with Crippen molar-refractivity contribution in [1.29, 1.82) is 5.26 Å². The van der Waals surface area contributed by atoms with Gasteiger partial charge in [0.1, 0.15) is 34.7 Å². The van der Waals surface area contributed by atoms with Gasteiger partial charge in [0, 0.05) is 18.2 Å². The zero-order valence-electron chi connectivity index (χ0n) is 22.2. The molecule has 1 aliphatic heterocycles. The fraction of sp³-hybridized carbons (Fsp3) is 0.500. The molecule has 1 aromatic carbocycles. The van der Waals surface area contributed by atoms with Gasteiger partial charge >= 0.3 is 18.2 Å². The van der Waals surface area contributed by atoms with Crippen LogP contribution in [0.25, 0.3) is 11.3 Å². The van der Waals surface area contributed by atoms with E-state index < -0.39 is 47.2 Å². The van der Waals surface area contributed by atoms with Gasteiger partial charge in [-0.05, 0) is 71.2 Å². The highest BCUT2D eigenvalue weighted by Crippen LogP contribution is 2.38. The lowest BCUT2D eigenvalue weighted by Gasteiger charge is -2.39. The Labute approximate surface area is 223 Å². The van der Waals surface area contributed by atoms with Crippen molar-refractivity contribution in [2.24, 2.45) is 0 Å². The number of carbonyl (C=O) groups excluding carboxylic acids is 2. The van der Waals surface area contributed by atoms with Gasteiger partial charge < -0.3 is 19.9 Å². The van der Waals surface area contributed by atoms with Gasteiger partial charge in [0.25, 0.3) is 0 Å². The highest BCUT2D eigenvalue weighted by Gasteiger charge is 2.39. The van der Waals surface area contributed by atoms with E-state index in [2.05, 4.69) is 15.5 Å². The van der Waals surface area contributed by atoms with Crippen molar-refractivity contribution in [1.82, 2.24) is 15.1 Å². The highest BCUT2D eigenvalue weighted by atomic mass is 19.4. The number of esters is 1. The van der Waals surface area contributed by atoms with Crippen molar-refractivity contribution < 1.29 is 37.3 Å². The van der Waals surface area contributed by atoms with Crippen molar-refractivity contribution in [3.8, 4) is 23.1 Å². The molecule has 0 unspecified atom stereocenters. The van der Waals surface area contributed by atoms with Crippen LogP contribution in [-0.2, 0) is 20.4 Å². The predicted octanol–water partition coefficient (Wildman–Crippen LogP) is 4.79. The van der Waals surface area contributed by atoms with Crippen LogP contribution < -0.4 is 5.32 Å². The Hall–Kier alpha value is -4.08. The zero-order valence-corrected chi connectivity index (χ0v) is 22.2. The van der Waals surface area contributed by atoms with Crippen molar-refractivity contribution in [3.63, 3.8) is 0 Å². The van der Waals surface area contributed by atoms with Gasteiger partial charge in [0.15, 0.2) is 5.82 Å². The number of carbonyl (C=O) groups is 2. The molecule has 1 fully saturated rings. The summed E-state index contributed by atoms with van der Waals surface area (Å²) in [4.78, 5) is 26.7. The highest BCUT2D eigenvalue weighted by molar-refractivity contribution is 5.82. The smallest absolute Gasteiger partial charge is 0.416 e. The molecule has 1 aliphatic rings. The minimum absolute atomic E-state index is 0.0119. The van der Waals surface area contributed by atoms with E-state index in [-0.39, 0.29) is 47.8 Å². The van der Waals surface area contributed by atoms with Crippen LogP contribution in [0, 0.1) is 18.3 Å². The molecule has 0 bridgehead atoms. The third kappa shape index (κ3) is 6.87. The number of piperidine rings is 1. The average Bonchev–Trinajstić information content (AvgIpc) is 2.83. The van der Waals surface area contributed by atoms with Crippen molar-refractivity contribution in [3.05, 3.63) is 34.9 Å². The summed E-state index contributed by atoms with van der Waals surface area (Å²) < 4.78 is 49.6. The minimum Gasteiger partial charge on any atom is -0.507 e. The molecule has 0 saturated carbocycles. The summed E-state index contributed by atoms with van der Waals surface area (Å²) in [5, 5.41) is 31.3. The summed E-state index contributed by atoms with van der Waals surface area (Å²) in [7, 11) is 0. The number of rotatable bonds is 5. The number of phenols is 1. The Bertz CT molecular complexity index is 1290. The number of halogens is 3. The number of alkyl halides is 3. The molecule has 1 saturated heterocycles. The number of ether oxygens (including phenoxy) is 2. The first-order chi connectivity index (χ1) is 18.2. The molecule has 0 radical (unpaired) electrons. The first kappa shape index (κ1) is 29.5. The van der Waals surface area contributed by atoms with Gasteiger partial charge in [-0.3, -0.25) is 4.90 Å². The number of likely N-dealkylation sites (tertiary alicyclic amines) is 1. The largest absolute Gasteiger partial charge is 0.507 e. The van der Waals surface area contributed by atoms with Crippen LogP contribution in [0.1, 0.15) is 57.2 Å². The third-order valence-corrected chi connectivity index (χ3v) is 6.02. The fourth-order valence-corrected chi connectivity index (χ4v) is 4.21. The van der Waals surface area contributed by atoms with E-state index in [0.717, 1.165) is 12.1 Å². The van der Waals surface area contributed by atoms with E-state index in [1.54, 1.807) is 27.7 Å². The van der Waals surface area contributed by atoms with E-state index >= 15 is 0 Å². The SMILES string of the molecule is CCOC(=O)[C@@H]1CC[C@@H](Nc2nnc(-c3ccc(C(F)(F)F)cc3O)c(C)c2C#N)CN1C(=O)OC(C)(C)C. The van der Waals surface area contributed by atoms with Crippen LogP contribution in [0.3, 0.4) is 0 Å². The predicted molar refractivity (Wildman–Crippen MR) is 134 cm³/mol. The topological polar surface area (TPSA) is 138 Å². The standard InChI is InChI=1S/C26H30F3N5O5/c1-6-38-23(36)19-10-8-16(13-34(19)24(37)39-25(3,4)5)31-22-18(12-30)14(2)21(32-33-22)17-9-7-15(11-20(17)35)26(27,28)29/h7,9,11,16,19,35H,6,8,10,13H2,1-5H3,(H,31,33)/t16-,19+/m1/s1. The van der Waals surface area contributed by atoms with Gasteiger partial charge in [-0.15, -0.1) is 10.2 Å². The summed E-state index contributed by atoms with van der Waals surface area (Å²) in [5.41, 5.74) is -1.44. The quantitative estimate of drug-likeness (QED) is 0.504. The molecule has 39 heavy (non-hydrogen) atoms. The van der Waals surface area contributed by atoms with Crippen molar-refractivity contribution in [2.45, 2.75) is 71.3 Å². The molecule has 1 amide bonds. The fourth-order valence-electron chi connectivity index (χ4n) is 4.21. The Morgan fingerprint density at radius 1 is 1.23 bits per heavy atom. The lowest BCUT2D eigenvalue weighted by molar-refractivity contribution is -0.150. The van der Waals surface area contributed by atoms with Gasteiger partial charge in [0.2, 0.25) is 0 Å². The van der Waals surface area contributed by atoms with Crippen LogP contribution in [0.2, 0.25) is 0 Å². The second kappa shape index (κ2) is 11.3. The van der Waals surface area contributed by atoms with Crippen LogP contribution in [0.5, 0.6) is 5.75 Å². The van der Waals surface area contributed by atoms with E-state index in [0.29, 0.717) is 12.5 Å². The first-order valence-corrected chi connectivity index (χ1v) is 12.3. The lowest BCUT2D eigenvalue weighted by atomic mass is 9.97. The first-order valence-electron chi connectivity index (χ1n) is 12.3. The van der Waals surface area contributed by atoms with E-state index in [1.165, 1.54) is 11.8 Å². The number of nitriles is 1. The monoisotopic (exact) mass is 549 g/mol. The average molecular weight is 550 g/mol. The molecule has 0 aliphatic carbocycles. The van der Waals surface area contributed by atoms with Crippen LogP contribution in [0.15, 0.2) is 18.2 Å². The number of aromatic nitrogens is 2.